The molecule has 0 spiro atoms. The van der Waals surface area contributed by atoms with Gasteiger partial charge in [-0.25, -0.2) is 4.98 Å². The Kier molecular flexibility index (Phi) is 5.78. The van der Waals surface area contributed by atoms with Crippen molar-refractivity contribution < 1.29 is 4.79 Å². The van der Waals surface area contributed by atoms with E-state index in [1.165, 1.54) is 0 Å². The zero-order valence-electron chi connectivity index (χ0n) is 16.7. The molecule has 4 rings (SSSR count). The van der Waals surface area contributed by atoms with Crippen LogP contribution in [0.5, 0.6) is 0 Å². The van der Waals surface area contributed by atoms with E-state index in [9.17, 15) is 10.1 Å². The summed E-state index contributed by atoms with van der Waals surface area (Å²) in [6.07, 6.45) is 3.20. The molecule has 4 aromatic rings. The highest BCUT2D eigenvalue weighted by atomic mass is 35.5. The lowest BCUT2D eigenvalue weighted by Crippen LogP contribution is -2.26. The van der Waals surface area contributed by atoms with E-state index in [1.54, 1.807) is 60.7 Å². The molecule has 1 N–H and O–H groups in total. The van der Waals surface area contributed by atoms with E-state index in [4.69, 9.17) is 11.6 Å². The van der Waals surface area contributed by atoms with Gasteiger partial charge in [-0.1, -0.05) is 23.7 Å². The number of carbonyl (C=O) groups excluding carboxylic acids is 1. The number of fused-ring (bicyclic) bond motifs is 1. The molecule has 152 valence electrons. The number of nitriles is 1. The number of nitrogens with zero attached hydrogens (tertiary/aromatic N) is 4. The number of anilines is 2. The number of hydrogen-bond donors (Lipinski definition) is 1. The van der Waals surface area contributed by atoms with Gasteiger partial charge in [0, 0.05) is 47.6 Å². The third-order valence-electron chi connectivity index (χ3n) is 4.92. The standard InChI is InChI=1S/C24H18ClN5O/c1-30(24(31)17-8-10-27-11-9-17)20-5-2-16(3-6-20)15-28-23-12-18(14-26)21-13-19(25)4-7-22(21)29-23/h2-13H,15H2,1H3,(H,28,29). The average Bonchev–Trinajstić information content (AvgIpc) is 2.82. The second kappa shape index (κ2) is 8.82. The summed E-state index contributed by atoms with van der Waals surface area (Å²) in [6.45, 7) is 0.527. The van der Waals surface area contributed by atoms with Gasteiger partial charge in [-0.2, -0.15) is 5.26 Å². The first-order valence-electron chi connectivity index (χ1n) is 9.56. The van der Waals surface area contributed by atoms with Crippen LogP contribution in [0.25, 0.3) is 10.9 Å². The Bertz CT molecular complexity index is 1280. The van der Waals surface area contributed by atoms with Gasteiger partial charge in [0.05, 0.1) is 17.1 Å². The van der Waals surface area contributed by atoms with E-state index < -0.39 is 0 Å². The molecule has 31 heavy (non-hydrogen) atoms. The summed E-state index contributed by atoms with van der Waals surface area (Å²) in [4.78, 5) is 22.7. The maximum absolute atomic E-state index is 12.6. The summed E-state index contributed by atoms with van der Waals surface area (Å²) in [6, 6.07) is 20.3. The zero-order chi connectivity index (χ0) is 21.8. The van der Waals surface area contributed by atoms with Crippen molar-refractivity contribution in [2.24, 2.45) is 0 Å². The number of pyridine rings is 2. The summed E-state index contributed by atoms with van der Waals surface area (Å²) < 4.78 is 0. The zero-order valence-corrected chi connectivity index (χ0v) is 17.5. The fourth-order valence-corrected chi connectivity index (χ4v) is 3.39. The van der Waals surface area contributed by atoms with Gasteiger partial charge in [-0.05, 0) is 54.1 Å². The smallest absolute Gasteiger partial charge is 0.258 e. The van der Waals surface area contributed by atoms with Gasteiger partial charge in [-0.15, -0.1) is 0 Å². The molecule has 0 aliphatic rings. The number of hydrogen-bond acceptors (Lipinski definition) is 5. The number of nitrogens with one attached hydrogen (secondary N) is 1. The Morgan fingerprint density at radius 1 is 1.10 bits per heavy atom. The minimum atomic E-state index is -0.0993. The van der Waals surface area contributed by atoms with Gasteiger partial charge >= 0.3 is 0 Å². The van der Waals surface area contributed by atoms with E-state index in [-0.39, 0.29) is 5.91 Å². The van der Waals surface area contributed by atoms with Crippen molar-refractivity contribution in [3.05, 3.63) is 94.8 Å². The average molecular weight is 428 g/mol. The third kappa shape index (κ3) is 4.47. The van der Waals surface area contributed by atoms with Crippen LogP contribution in [0.1, 0.15) is 21.5 Å². The van der Waals surface area contributed by atoms with Crippen molar-refractivity contribution in [1.29, 1.82) is 5.26 Å². The Hall–Kier alpha value is -3.95. The number of aromatic nitrogens is 2. The Morgan fingerprint density at radius 2 is 1.84 bits per heavy atom. The van der Waals surface area contributed by atoms with Crippen LogP contribution in [-0.4, -0.2) is 22.9 Å². The molecule has 0 radical (unpaired) electrons. The first kappa shape index (κ1) is 20.3. The predicted molar refractivity (Wildman–Crippen MR) is 122 cm³/mol. The van der Waals surface area contributed by atoms with E-state index in [2.05, 4.69) is 21.4 Å². The van der Waals surface area contributed by atoms with Crippen LogP contribution in [0.2, 0.25) is 5.02 Å². The number of benzene rings is 2. The van der Waals surface area contributed by atoms with Gasteiger partial charge in [0.25, 0.3) is 5.91 Å². The molecule has 0 bridgehead atoms. The van der Waals surface area contributed by atoms with Gasteiger partial charge in [0.1, 0.15) is 5.82 Å². The van der Waals surface area contributed by atoms with E-state index in [0.29, 0.717) is 34.0 Å². The summed E-state index contributed by atoms with van der Waals surface area (Å²) >= 11 is 6.04. The van der Waals surface area contributed by atoms with Crippen molar-refractivity contribution in [3.8, 4) is 6.07 Å². The van der Waals surface area contributed by atoms with Crippen LogP contribution in [0, 0.1) is 11.3 Å². The fraction of sp³-hybridized carbons (Fsp3) is 0.0833. The van der Waals surface area contributed by atoms with Crippen molar-refractivity contribution in [3.63, 3.8) is 0 Å². The van der Waals surface area contributed by atoms with Gasteiger partial charge in [0.15, 0.2) is 0 Å². The number of carbonyl (C=O) groups is 1. The Labute approximate surface area is 184 Å². The van der Waals surface area contributed by atoms with Crippen molar-refractivity contribution >= 4 is 39.9 Å². The van der Waals surface area contributed by atoms with E-state index in [0.717, 1.165) is 16.6 Å². The second-order valence-electron chi connectivity index (χ2n) is 6.95. The molecule has 0 unspecified atom stereocenters. The minimum Gasteiger partial charge on any atom is -0.366 e. The third-order valence-corrected chi connectivity index (χ3v) is 5.16. The molecule has 2 heterocycles. The molecule has 0 fully saturated rings. The van der Waals surface area contributed by atoms with Crippen LogP contribution in [0.3, 0.4) is 0 Å². The molecule has 2 aromatic carbocycles. The summed E-state index contributed by atoms with van der Waals surface area (Å²) in [5, 5.41) is 14.0. The molecule has 0 atom stereocenters. The quantitative estimate of drug-likeness (QED) is 0.482. The number of halogens is 1. The van der Waals surface area contributed by atoms with Gasteiger partial charge in [-0.3, -0.25) is 9.78 Å². The van der Waals surface area contributed by atoms with E-state index >= 15 is 0 Å². The van der Waals surface area contributed by atoms with Crippen LogP contribution in [0.4, 0.5) is 11.5 Å². The monoisotopic (exact) mass is 427 g/mol. The van der Waals surface area contributed by atoms with Gasteiger partial charge in [0.2, 0.25) is 0 Å². The van der Waals surface area contributed by atoms with Crippen LogP contribution in [0.15, 0.2) is 73.1 Å². The Morgan fingerprint density at radius 3 is 2.55 bits per heavy atom. The van der Waals surface area contributed by atoms with Crippen LogP contribution in [-0.2, 0) is 6.54 Å². The fourth-order valence-electron chi connectivity index (χ4n) is 3.22. The largest absolute Gasteiger partial charge is 0.366 e. The number of amides is 1. The highest BCUT2D eigenvalue weighted by Crippen LogP contribution is 2.24. The summed E-state index contributed by atoms with van der Waals surface area (Å²) in [5.41, 5.74) is 3.61. The second-order valence-corrected chi connectivity index (χ2v) is 7.38. The lowest BCUT2D eigenvalue weighted by molar-refractivity contribution is 0.0993. The molecule has 0 saturated carbocycles. The summed E-state index contributed by atoms with van der Waals surface area (Å²) in [5.74, 6) is 0.512. The SMILES string of the molecule is CN(C(=O)c1ccncc1)c1ccc(CNc2cc(C#N)c3cc(Cl)ccc3n2)cc1. The maximum atomic E-state index is 12.6. The summed E-state index contributed by atoms with van der Waals surface area (Å²) in [7, 11) is 1.74. The number of rotatable bonds is 5. The normalized spacial score (nSPS) is 10.5. The first-order chi connectivity index (χ1) is 15.0. The molecule has 0 saturated heterocycles. The minimum absolute atomic E-state index is 0.0993. The van der Waals surface area contributed by atoms with E-state index in [1.807, 2.05) is 24.3 Å². The molecule has 6 nitrogen and oxygen atoms in total. The molecule has 0 aliphatic heterocycles. The van der Waals surface area contributed by atoms with Crippen molar-refractivity contribution in [2.75, 3.05) is 17.3 Å². The van der Waals surface area contributed by atoms with Crippen LogP contribution < -0.4 is 10.2 Å². The molecule has 1 amide bonds. The Balaban J connectivity index is 1.47. The first-order valence-corrected chi connectivity index (χ1v) is 9.94. The topological polar surface area (TPSA) is 81.9 Å². The van der Waals surface area contributed by atoms with Gasteiger partial charge < -0.3 is 10.2 Å². The van der Waals surface area contributed by atoms with Crippen molar-refractivity contribution in [2.45, 2.75) is 6.54 Å². The molecule has 7 heteroatoms. The lowest BCUT2D eigenvalue weighted by Gasteiger charge is -2.18. The molecular formula is C24H18ClN5O. The van der Waals surface area contributed by atoms with Crippen molar-refractivity contribution in [1.82, 2.24) is 9.97 Å². The highest BCUT2D eigenvalue weighted by Gasteiger charge is 2.13. The highest BCUT2D eigenvalue weighted by molar-refractivity contribution is 6.31. The van der Waals surface area contributed by atoms with Crippen LogP contribution >= 0.6 is 11.6 Å². The lowest BCUT2D eigenvalue weighted by atomic mass is 10.1. The maximum Gasteiger partial charge on any atom is 0.258 e. The molecule has 0 aliphatic carbocycles. The molecular weight excluding hydrogens is 410 g/mol. The molecule has 2 aromatic heterocycles. The predicted octanol–water partition coefficient (Wildman–Crippen LogP) is 5.04.